The van der Waals surface area contributed by atoms with Crippen molar-refractivity contribution in [3.63, 3.8) is 0 Å². The van der Waals surface area contributed by atoms with E-state index in [1.807, 2.05) is 0 Å². The fraction of sp³-hybridized carbons (Fsp3) is 0.455. The van der Waals surface area contributed by atoms with Crippen LogP contribution in [0.3, 0.4) is 0 Å². The molecule has 0 spiro atoms. The molecule has 0 amide bonds. The van der Waals surface area contributed by atoms with Gasteiger partial charge < -0.3 is 5.11 Å². The summed E-state index contributed by atoms with van der Waals surface area (Å²) in [7, 11) is 0. The Morgan fingerprint density at radius 1 is 1.12 bits per heavy atom. The minimum absolute atomic E-state index is 0.205. The third-order valence-electron chi connectivity index (χ3n) is 3.07. The van der Waals surface area contributed by atoms with Gasteiger partial charge in [0, 0.05) is 5.56 Å². The summed E-state index contributed by atoms with van der Waals surface area (Å²) >= 11 is 11.4. The average Bonchev–Trinajstić information content (AvgIpc) is 2.16. The summed E-state index contributed by atoms with van der Waals surface area (Å²) in [4.78, 5) is 0. The Morgan fingerprint density at radius 3 is 2.12 bits per heavy atom. The van der Waals surface area contributed by atoms with Crippen LogP contribution in [-0.2, 0) is 11.8 Å². The Kier molecular flexibility index (Phi) is 3.09. The molecular weight excluding hydrogens is 276 g/mol. The van der Waals surface area contributed by atoms with E-state index >= 15 is 0 Å². The number of aliphatic hydroxyl groups is 1. The summed E-state index contributed by atoms with van der Waals surface area (Å²) in [6.07, 6.45) is -2.73. The van der Waals surface area contributed by atoms with Crippen molar-refractivity contribution < 1.29 is 18.3 Å². The lowest BCUT2D eigenvalue weighted by atomic mass is 9.75. The number of rotatable bonds is 1. The van der Waals surface area contributed by atoms with Crippen LogP contribution >= 0.6 is 23.2 Å². The molecule has 1 N–H and O–H groups in total. The second-order valence-corrected chi connectivity index (χ2v) is 4.93. The smallest absolute Gasteiger partial charge is 0.385 e. The molecule has 2 rings (SSSR count). The van der Waals surface area contributed by atoms with Gasteiger partial charge in [-0.15, -0.1) is 0 Å². The number of hydrogen-bond donors (Lipinski definition) is 1. The normalized spacial score (nSPS) is 18.9. The summed E-state index contributed by atoms with van der Waals surface area (Å²) in [6, 6.07) is 2.07. The Balaban J connectivity index is 2.50. The number of benzene rings is 1. The molecule has 0 heterocycles. The second kappa shape index (κ2) is 4.04. The molecule has 94 valence electrons. The number of hydrogen-bond acceptors (Lipinski definition) is 1. The van der Waals surface area contributed by atoms with E-state index in [9.17, 15) is 18.3 Å². The molecule has 1 nitrogen and oxygen atoms in total. The van der Waals surface area contributed by atoms with Gasteiger partial charge in [-0.05, 0) is 25.3 Å². The first-order valence-corrected chi connectivity index (χ1v) is 5.79. The molecular formula is C11H9Cl2F3O. The predicted molar refractivity (Wildman–Crippen MR) is 59.2 cm³/mol. The Labute approximate surface area is 106 Å². The van der Waals surface area contributed by atoms with Crippen LogP contribution in [0.25, 0.3) is 0 Å². The number of alkyl halides is 3. The van der Waals surface area contributed by atoms with Crippen molar-refractivity contribution in [3.8, 4) is 0 Å². The van der Waals surface area contributed by atoms with E-state index in [1.54, 1.807) is 0 Å². The van der Waals surface area contributed by atoms with Gasteiger partial charge in [-0.3, -0.25) is 0 Å². The van der Waals surface area contributed by atoms with Gasteiger partial charge >= 0.3 is 6.18 Å². The maximum Gasteiger partial charge on any atom is 0.417 e. The monoisotopic (exact) mass is 284 g/mol. The molecule has 6 heteroatoms. The van der Waals surface area contributed by atoms with Crippen molar-refractivity contribution in [1.82, 2.24) is 0 Å². The van der Waals surface area contributed by atoms with Crippen molar-refractivity contribution in [2.75, 3.05) is 0 Å². The molecule has 0 unspecified atom stereocenters. The molecule has 0 aliphatic heterocycles. The van der Waals surface area contributed by atoms with Crippen LogP contribution < -0.4 is 0 Å². The highest BCUT2D eigenvalue weighted by molar-refractivity contribution is 6.43. The highest BCUT2D eigenvalue weighted by Crippen LogP contribution is 2.48. The fourth-order valence-electron chi connectivity index (χ4n) is 1.91. The summed E-state index contributed by atoms with van der Waals surface area (Å²) in [5.41, 5.74) is -1.82. The van der Waals surface area contributed by atoms with Crippen molar-refractivity contribution in [2.45, 2.75) is 31.0 Å². The van der Waals surface area contributed by atoms with Gasteiger partial charge in [0.25, 0.3) is 0 Å². The molecule has 1 aromatic rings. The van der Waals surface area contributed by atoms with E-state index in [2.05, 4.69) is 0 Å². The van der Waals surface area contributed by atoms with Crippen molar-refractivity contribution in [1.29, 1.82) is 0 Å². The molecule has 0 radical (unpaired) electrons. The van der Waals surface area contributed by atoms with Crippen molar-refractivity contribution in [3.05, 3.63) is 33.3 Å². The minimum Gasteiger partial charge on any atom is -0.385 e. The number of halogens is 5. The summed E-state index contributed by atoms with van der Waals surface area (Å²) < 4.78 is 37.6. The highest BCUT2D eigenvalue weighted by atomic mass is 35.5. The quantitative estimate of drug-likeness (QED) is 0.811. The topological polar surface area (TPSA) is 20.2 Å². The standard InChI is InChI=1S/C11H9Cl2F3O/c12-8-6(10(17)4-1-5-10)2-3-7(9(8)13)11(14,15)16/h2-3,17H,1,4-5H2. The van der Waals surface area contributed by atoms with E-state index in [-0.39, 0.29) is 10.6 Å². The Morgan fingerprint density at radius 2 is 1.71 bits per heavy atom. The van der Waals surface area contributed by atoms with Crippen LogP contribution in [-0.4, -0.2) is 5.11 Å². The fourth-order valence-corrected chi connectivity index (χ4v) is 2.52. The van der Waals surface area contributed by atoms with Crippen LogP contribution in [0.15, 0.2) is 12.1 Å². The lowest BCUT2D eigenvalue weighted by molar-refractivity contribution is -0.137. The van der Waals surface area contributed by atoms with Gasteiger partial charge in [0.15, 0.2) is 0 Å². The molecule has 0 aromatic heterocycles. The van der Waals surface area contributed by atoms with Gasteiger partial charge in [0.1, 0.15) is 0 Å². The third-order valence-corrected chi connectivity index (χ3v) is 3.95. The summed E-state index contributed by atoms with van der Waals surface area (Å²) in [6.45, 7) is 0. The zero-order chi connectivity index (χ0) is 12.8. The summed E-state index contributed by atoms with van der Waals surface area (Å²) in [5.74, 6) is 0. The first-order chi connectivity index (χ1) is 7.76. The third kappa shape index (κ3) is 2.14. The largest absolute Gasteiger partial charge is 0.417 e. The van der Waals surface area contributed by atoms with E-state index in [4.69, 9.17) is 23.2 Å². The zero-order valence-electron chi connectivity index (χ0n) is 8.61. The van der Waals surface area contributed by atoms with Gasteiger partial charge in [-0.1, -0.05) is 29.3 Å². The van der Waals surface area contributed by atoms with E-state index in [0.717, 1.165) is 12.5 Å². The van der Waals surface area contributed by atoms with E-state index in [0.29, 0.717) is 12.8 Å². The molecule has 1 aliphatic carbocycles. The molecule has 1 fully saturated rings. The van der Waals surface area contributed by atoms with Crippen molar-refractivity contribution in [2.24, 2.45) is 0 Å². The van der Waals surface area contributed by atoms with Crippen LogP contribution in [0.4, 0.5) is 13.2 Å². The minimum atomic E-state index is -4.54. The van der Waals surface area contributed by atoms with E-state index < -0.39 is 22.4 Å². The van der Waals surface area contributed by atoms with Crippen LogP contribution in [0.5, 0.6) is 0 Å². The van der Waals surface area contributed by atoms with Crippen LogP contribution in [0.2, 0.25) is 10.0 Å². The molecule has 17 heavy (non-hydrogen) atoms. The molecule has 1 saturated carbocycles. The van der Waals surface area contributed by atoms with Gasteiger partial charge in [-0.2, -0.15) is 13.2 Å². The van der Waals surface area contributed by atoms with Crippen molar-refractivity contribution >= 4 is 23.2 Å². The second-order valence-electron chi connectivity index (χ2n) is 4.17. The Hall–Kier alpha value is -0.450. The maximum absolute atomic E-state index is 12.5. The molecule has 0 saturated heterocycles. The Bertz CT molecular complexity index is 453. The molecule has 0 bridgehead atoms. The average molecular weight is 285 g/mol. The van der Waals surface area contributed by atoms with Gasteiger partial charge in [0.2, 0.25) is 0 Å². The molecule has 1 aromatic carbocycles. The SMILES string of the molecule is OC1(c2ccc(C(F)(F)F)c(Cl)c2Cl)CCC1. The van der Waals surface area contributed by atoms with Gasteiger partial charge in [0.05, 0.1) is 21.2 Å². The molecule has 0 atom stereocenters. The maximum atomic E-state index is 12.5. The first kappa shape index (κ1) is 13.0. The van der Waals surface area contributed by atoms with Gasteiger partial charge in [-0.25, -0.2) is 0 Å². The van der Waals surface area contributed by atoms with Crippen LogP contribution in [0.1, 0.15) is 30.4 Å². The van der Waals surface area contributed by atoms with Crippen LogP contribution in [0, 0.1) is 0 Å². The van der Waals surface area contributed by atoms with E-state index in [1.165, 1.54) is 6.07 Å². The molecule has 1 aliphatic rings. The lowest BCUT2D eigenvalue weighted by Gasteiger charge is -2.38. The zero-order valence-corrected chi connectivity index (χ0v) is 10.1. The first-order valence-electron chi connectivity index (χ1n) is 5.04. The lowest BCUT2D eigenvalue weighted by Crippen LogP contribution is -2.34. The highest BCUT2D eigenvalue weighted by Gasteiger charge is 2.41. The summed E-state index contributed by atoms with van der Waals surface area (Å²) in [5, 5.41) is 9.31. The predicted octanol–water partition coefficient (Wildman–Crippen LogP) is 4.38.